The van der Waals surface area contributed by atoms with E-state index in [2.05, 4.69) is 31.0 Å². The van der Waals surface area contributed by atoms with E-state index in [1.54, 1.807) is 7.11 Å². The number of ether oxygens (including phenoxy) is 1. The van der Waals surface area contributed by atoms with E-state index in [-0.39, 0.29) is 16.8 Å². The first-order chi connectivity index (χ1) is 14.6. The van der Waals surface area contributed by atoms with Crippen molar-refractivity contribution in [2.24, 2.45) is 0 Å². The number of aromatic nitrogens is 4. The van der Waals surface area contributed by atoms with E-state index in [0.717, 1.165) is 27.7 Å². The molecular formula is C19H22N6O3S2. The van der Waals surface area contributed by atoms with Crippen molar-refractivity contribution < 1.29 is 14.3 Å². The van der Waals surface area contributed by atoms with Crippen LogP contribution in [0.3, 0.4) is 0 Å². The Morgan fingerprint density at radius 2 is 1.80 bits per heavy atom. The van der Waals surface area contributed by atoms with E-state index in [0.29, 0.717) is 30.9 Å². The van der Waals surface area contributed by atoms with Crippen LogP contribution in [0.25, 0.3) is 0 Å². The molecule has 0 aliphatic carbocycles. The van der Waals surface area contributed by atoms with Crippen LogP contribution in [0.1, 0.15) is 45.1 Å². The largest absolute Gasteiger partial charge is 0.497 e. The predicted octanol–water partition coefficient (Wildman–Crippen LogP) is 2.85. The minimum atomic E-state index is -0.352. The summed E-state index contributed by atoms with van der Waals surface area (Å²) in [4.78, 5) is 24.3. The number of nitrogens with one attached hydrogen (secondary N) is 2. The topological polar surface area (TPSA) is 119 Å². The van der Waals surface area contributed by atoms with Gasteiger partial charge in [0.15, 0.2) is 0 Å². The Morgan fingerprint density at radius 3 is 2.50 bits per heavy atom. The maximum Gasteiger partial charge on any atom is 0.288 e. The number of benzene rings is 1. The minimum absolute atomic E-state index is 0.0312. The second-order valence-corrected chi connectivity index (χ2v) is 8.41. The van der Waals surface area contributed by atoms with Gasteiger partial charge in [-0.25, -0.2) is 0 Å². The van der Waals surface area contributed by atoms with Gasteiger partial charge in [-0.3, -0.25) is 14.9 Å². The number of anilines is 1. The zero-order chi connectivity index (χ0) is 21.3. The van der Waals surface area contributed by atoms with Crippen LogP contribution in [0, 0.1) is 0 Å². The van der Waals surface area contributed by atoms with E-state index in [9.17, 15) is 9.59 Å². The molecule has 30 heavy (non-hydrogen) atoms. The molecule has 0 atom stereocenters. The third-order valence-corrected chi connectivity index (χ3v) is 6.06. The molecule has 0 fully saturated rings. The van der Waals surface area contributed by atoms with Crippen LogP contribution >= 0.6 is 22.7 Å². The molecule has 0 aliphatic rings. The number of hydrogen-bond donors (Lipinski definition) is 2. The molecule has 1 aromatic carbocycles. The maximum absolute atomic E-state index is 12.2. The van der Waals surface area contributed by atoms with Crippen LogP contribution in [0.15, 0.2) is 24.3 Å². The average Bonchev–Trinajstić information content (AvgIpc) is 3.42. The van der Waals surface area contributed by atoms with Gasteiger partial charge in [0.05, 0.1) is 7.11 Å². The third kappa shape index (κ3) is 6.29. The van der Waals surface area contributed by atoms with Gasteiger partial charge in [-0.1, -0.05) is 41.7 Å². The Bertz CT molecular complexity index is 986. The SMILES string of the molecule is CCc1nnc(NC(=O)c2nnc(CCCC(=O)NCc3ccc(OC)cc3)s2)s1. The molecule has 0 bridgehead atoms. The highest BCUT2D eigenvalue weighted by atomic mass is 32.1. The van der Waals surface area contributed by atoms with Crippen LogP contribution in [-0.4, -0.2) is 39.3 Å². The second-order valence-electron chi connectivity index (χ2n) is 6.29. The van der Waals surface area contributed by atoms with Crippen molar-refractivity contribution in [1.82, 2.24) is 25.7 Å². The van der Waals surface area contributed by atoms with E-state index in [1.807, 2.05) is 31.2 Å². The Labute approximate surface area is 181 Å². The molecule has 2 aromatic heterocycles. The summed E-state index contributed by atoms with van der Waals surface area (Å²) in [5.41, 5.74) is 1.01. The lowest BCUT2D eigenvalue weighted by Crippen LogP contribution is -2.22. The van der Waals surface area contributed by atoms with Crippen molar-refractivity contribution in [3.8, 4) is 5.75 Å². The van der Waals surface area contributed by atoms with Crippen molar-refractivity contribution in [1.29, 1.82) is 0 Å². The molecule has 2 heterocycles. The fraction of sp³-hybridized carbons (Fsp3) is 0.368. The van der Waals surface area contributed by atoms with Crippen molar-refractivity contribution in [3.05, 3.63) is 44.9 Å². The van der Waals surface area contributed by atoms with E-state index in [1.165, 1.54) is 22.7 Å². The van der Waals surface area contributed by atoms with Crippen molar-refractivity contribution in [2.75, 3.05) is 12.4 Å². The van der Waals surface area contributed by atoms with Gasteiger partial charge in [-0.05, 0) is 30.5 Å². The van der Waals surface area contributed by atoms with Crippen molar-refractivity contribution in [2.45, 2.75) is 39.2 Å². The highest BCUT2D eigenvalue weighted by molar-refractivity contribution is 7.16. The minimum Gasteiger partial charge on any atom is -0.497 e. The standard InChI is InChI=1S/C19H22N6O3S2/c1-3-15-22-25-19(30-15)21-17(27)18-24-23-16(29-18)6-4-5-14(26)20-11-12-7-9-13(28-2)10-8-12/h7-10H,3-6,11H2,1-2H3,(H,20,26)(H,21,25,27). The summed E-state index contributed by atoms with van der Waals surface area (Å²) >= 11 is 2.55. The fourth-order valence-corrected chi connectivity index (χ4v) is 3.93. The first-order valence-electron chi connectivity index (χ1n) is 9.43. The highest BCUT2D eigenvalue weighted by Gasteiger charge is 2.15. The molecule has 0 spiro atoms. The van der Waals surface area contributed by atoms with Gasteiger partial charge in [0.1, 0.15) is 15.8 Å². The van der Waals surface area contributed by atoms with Gasteiger partial charge in [-0.15, -0.1) is 20.4 Å². The zero-order valence-electron chi connectivity index (χ0n) is 16.7. The summed E-state index contributed by atoms with van der Waals surface area (Å²) in [6.45, 7) is 2.44. The lowest BCUT2D eigenvalue weighted by atomic mass is 10.2. The smallest absolute Gasteiger partial charge is 0.288 e. The number of amides is 2. The van der Waals surface area contributed by atoms with Crippen LogP contribution < -0.4 is 15.4 Å². The number of carbonyl (C=O) groups is 2. The molecule has 0 radical (unpaired) electrons. The molecule has 2 amide bonds. The summed E-state index contributed by atoms with van der Waals surface area (Å²) in [6.07, 6.45) is 2.35. The lowest BCUT2D eigenvalue weighted by molar-refractivity contribution is -0.121. The molecular weight excluding hydrogens is 424 g/mol. The van der Waals surface area contributed by atoms with E-state index in [4.69, 9.17) is 4.74 Å². The monoisotopic (exact) mass is 446 g/mol. The van der Waals surface area contributed by atoms with Gasteiger partial charge in [0.25, 0.3) is 5.91 Å². The Kier molecular flexibility index (Phi) is 7.80. The normalized spacial score (nSPS) is 10.6. The molecule has 3 aromatic rings. The Balaban J connectivity index is 1.39. The van der Waals surface area contributed by atoms with Gasteiger partial charge in [-0.2, -0.15) is 0 Å². The van der Waals surface area contributed by atoms with Gasteiger partial charge in [0.2, 0.25) is 16.0 Å². The molecule has 3 rings (SSSR count). The number of nitrogens with zero attached hydrogens (tertiary/aromatic N) is 4. The molecule has 11 heteroatoms. The molecule has 2 N–H and O–H groups in total. The van der Waals surface area contributed by atoms with Crippen LogP contribution in [0.4, 0.5) is 5.13 Å². The van der Waals surface area contributed by atoms with E-state index >= 15 is 0 Å². The van der Waals surface area contributed by atoms with Gasteiger partial charge >= 0.3 is 0 Å². The van der Waals surface area contributed by atoms with Crippen molar-refractivity contribution >= 4 is 39.6 Å². The molecule has 158 valence electrons. The highest BCUT2D eigenvalue weighted by Crippen LogP contribution is 2.18. The van der Waals surface area contributed by atoms with Crippen LogP contribution in [-0.2, 0) is 24.2 Å². The molecule has 0 aliphatic heterocycles. The van der Waals surface area contributed by atoms with Gasteiger partial charge in [0, 0.05) is 19.4 Å². The van der Waals surface area contributed by atoms with Crippen molar-refractivity contribution in [3.63, 3.8) is 0 Å². The fourth-order valence-electron chi connectivity index (χ4n) is 2.48. The molecule has 0 unspecified atom stereocenters. The quantitative estimate of drug-likeness (QED) is 0.491. The zero-order valence-corrected chi connectivity index (χ0v) is 18.3. The Hall–Kier alpha value is -2.92. The molecule has 9 nitrogen and oxygen atoms in total. The first-order valence-corrected chi connectivity index (χ1v) is 11.1. The summed E-state index contributed by atoms with van der Waals surface area (Å²) in [7, 11) is 1.62. The maximum atomic E-state index is 12.2. The summed E-state index contributed by atoms with van der Waals surface area (Å²) in [5.74, 6) is 0.398. The summed E-state index contributed by atoms with van der Waals surface area (Å²) < 4.78 is 5.11. The summed E-state index contributed by atoms with van der Waals surface area (Å²) in [5, 5.41) is 23.7. The number of methoxy groups -OCH3 is 1. The number of aryl methyl sites for hydroxylation is 2. The second kappa shape index (κ2) is 10.7. The molecule has 0 saturated heterocycles. The summed E-state index contributed by atoms with van der Waals surface area (Å²) in [6, 6.07) is 7.55. The molecule has 0 saturated carbocycles. The number of rotatable bonds is 10. The van der Waals surface area contributed by atoms with Gasteiger partial charge < -0.3 is 10.1 Å². The lowest BCUT2D eigenvalue weighted by Gasteiger charge is -2.06. The number of hydrogen-bond acceptors (Lipinski definition) is 9. The number of carbonyl (C=O) groups excluding carboxylic acids is 2. The Morgan fingerprint density at radius 1 is 1.03 bits per heavy atom. The van der Waals surface area contributed by atoms with E-state index < -0.39 is 0 Å². The van der Waals surface area contributed by atoms with Crippen LogP contribution in [0.2, 0.25) is 0 Å². The predicted molar refractivity (Wildman–Crippen MR) is 115 cm³/mol. The van der Waals surface area contributed by atoms with Crippen LogP contribution in [0.5, 0.6) is 5.75 Å². The average molecular weight is 447 g/mol. The third-order valence-electron chi connectivity index (χ3n) is 4.09. The first kappa shape index (κ1) is 21.8.